The van der Waals surface area contributed by atoms with Crippen LogP contribution in [-0.4, -0.2) is 82.8 Å². The van der Waals surface area contributed by atoms with E-state index < -0.39 is 47.9 Å². The highest BCUT2D eigenvalue weighted by molar-refractivity contribution is 5.95. The van der Waals surface area contributed by atoms with Crippen molar-refractivity contribution in [3.05, 3.63) is 35.9 Å². The van der Waals surface area contributed by atoms with Gasteiger partial charge in [-0.2, -0.15) is 0 Å². The molecule has 4 atom stereocenters. The fraction of sp³-hybridized carbons (Fsp3) is 0.538. The van der Waals surface area contributed by atoms with Crippen LogP contribution in [0.3, 0.4) is 0 Å². The second-order valence-electron chi connectivity index (χ2n) is 9.45. The standard InChI is InChI=1S/C26H39N7O6/c1-3-18(25(38)39)31-22(35)19(11-7-13-29-26(27)28)32-23(36)21-12-8-14-33(21)24(37)20(30-16(2)34)15-17-9-5-4-6-10-17/h4-6,9-10,18-21H,3,7-8,11-15H2,1-2H3,(H,30,34)(H,31,35)(H,32,36)(H,38,39)(H4,27,28,29)/t18?,19-,20+,21-/m0/s1/i25+1. The van der Waals surface area contributed by atoms with Gasteiger partial charge in [-0.1, -0.05) is 37.3 Å². The van der Waals surface area contributed by atoms with Crippen LogP contribution < -0.4 is 27.4 Å². The van der Waals surface area contributed by atoms with Crippen LogP contribution in [0.15, 0.2) is 35.3 Å². The van der Waals surface area contributed by atoms with Gasteiger partial charge in [-0.3, -0.25) is 24.2 Å². The number of rotatable bonds is 14. The molecule has 4 amide bonds. The predicted octanol–water partition coefficient (Wildman–Crippen LogP) is -0.757. The Bertz CT molecular complexity index is 1040. The van der Waals surface area contributed by atoms with Crippen molar-refractivity contribution in [2.45, 2.75) is 76.5 Å². The monoisotopic (exact) mass is 546 g/mol. The molecule has 2 rings (SSSR count). The van der Waals surface area contributed by atoms with Gasteiger partial charge < -0.3 is 37.4 Å². The Balaban J connectivity index is 2.17. The zero-order valence-electron chi connectivity index (χ0n) is 22.4. The Hall–Kier alpha value is -4.16. The van der Waals surface area contributed by atoms with Crippen molar-refractivity contribution < 1.29 is 29.1 Å². The van der Waals surface area contributed by atoms with E-state index in [0.29, 0.717) is 25.8 Å². The van der Waals surface area contributed by atoms with Gasteiger partial charge in [0, 0.05) is 26.4 Å². The number of amides is 4. The molecule has 1 aromatic rings. The summed E-state index contributed by atoms with van der Waals surface area (Å²) in [6, 6.07) is 5.33. The highest BCUT2D eigenvalue weighted by atomic mass is 16.5. The molecule has 0 saturated carbocycles. The molecule has 13 nitrogen and oxygen atoms in total. The van der Waals surface area contributed by atoms with E-state index in [1.54, 1.807) is 6.92 Å². The summed E-state index contributed by atoms with van der Waals surface area (Å²) in [5.74, 6) is -3.25. The van der Waals surface area contributed by atoms with Crippen molar-refractivity contribution in [2.24, 2.45) is 16.5 Å². The van der Waals surface area contributed by atoms with Crippen LogP contribution in [0.5, 0.6) is 0 Å². The van der Waals surface area contributed by atoms with Crippen molar-refractivity contribution in [3.63, 3.8) is 0 Å². The molecular formula is C26H39N7O6. The Labute approximate surface area is 227 Å². The normalized spacial score (nSPS) is 16.9. The van der Waals surface area contributed by atoms with Gasteiger partial charge in [0.1, 0.15) is 24.2 Å². The van der Waals surface area contributed by atoms with E-state index >= 15 is 0 Å². The summed E-state index contributed by atoms with van der Waals surface area (Å²) in [5.41, 5.74) is 11.5. The minimum Gasteiger partial charge on any atom is -0.480 e. The topological polar surface area (TPSA) is 209 Å². The molecule has 1 heterocycles. The predicted molar refractivity (Wildman–Crippen MR) is 144 cm³/mol. The van der Waals surface area contributed by atoms with Crippen molar-refractivity contribution >= 4 is 35.6 Å². The Morgan fingerprint density at radius 2 is 1.74 bits per heavy atom. The Morgan fingerprint density at radius 1 is 1.05 bits per heavy atom. The minimum absolute atomic E-state index is 0.110. The summed E-state index contributed by atoms with van der Waals surface area (Å²) >= 11 is 0. The van der Waals surface area contributed by atoms with Crippen LogP contribution in [0.1, 0.15) is 51.5 Å². The number of guanidine groups is 1. The summed E-state index contributed by atoms with van der Waals surface area (Å²) in [7, 11) is 0. The molecule has 1 fully saturated rings. The number of nitrogens with zero attached hydrogens (tertiary/aromatic N) is 2. The molecule has 214 valence electrons. The highest BCUT2D eigenvalue weighted by Crippen LogP contribution is 2.20. The summed E-state index contributed by atoms with van der Waals surface area (Å²) < 4.78 is 0. The first kappa shape index (κ1) is 31.1. The lowest BCUT2D eigenvalue weighted by Crippen LogP contribution is -2.57. The first-order valence-corrected chi connectivity index (χ1v) is 13.0. The van der Waals surface area contributed by atoms with Gasteiger partial charge in [0.25, 0.3) is 0 Å². The van der Waals surface area contributed by atoms with Crippen molar-refractivity contribution in [1.29, 1.82) is 0 Å². The lowest BCUT2D eigenvalue weighted by Gasteiger charge is -2.30. The third-order valence-corrected chi connectivity index (χ3v) is 6.40. The lowest BCUT2D eigenvalue weighted by molar-refractivity contribution is -0.143. The number of aliphatic imine (C=N–C) groups is 1. The van der Waals surface area contributed by atoms with Crippen molar-refractivity contribution in [3.8, 4) is 0 Å². The van der Waals surface area contributed by atoms with E-state index in [0.717, 1.165) is 5.56 Å². The van der Waals surface area contributed by atoms with E-state index in [4.69, 9.17) is 11.5 Å². The Kier molecular flexibility index (Phi) is 12.2. The third kappa shape index (κ3) is 9.91. The first-order chi connectivity index (χ1) is 18.5. The van der Waals surface area contributed by atoms with Gasteiger partial charge in [-0.25, -0.2) is 4.79 Å². The smallest absolute Gasteiger partial charge is 0.326 e. The zero-order valence-corrected chi connectivity index (χ0v) is 22.4. The number of carbonyl (C=O) groups is 5. The van der Waals surface area contributed by atoms with Gasteiger partial charge in [-0.05, 0) is 37.7 Å². The molecule has 1 aliphatic heterocycles. The van der Waals surface area contributed by atoms with Gasteiger partial charge in [0.05, 0.1) is 0 Å². The van der Waals surface area contributed by atoms with Gasteiger partial charge in [0.15, 0.2) is 5.96 Å². The molecule has 1 aromatic carbocycles. The van der Waals surface area contributed by atoms with E-state index in [1.165, 1.54) is 11.8 Å². The van der Waals surface area contributed by atoms with E-state index in [2.05, 4.69) is 20.9 Å². The van der Waals surface area contributed by atoms with Gasteiger partial charge in [-0.15, -0.1) is 0 Å². The quantitative estimate of drug-likeness (QED) is 0.0754. The van der Waals surface area contributed by atoms with Crippen LogP contribution in [0.25, 0.3) is 0 Å². The second kappa shape index (κ2) is 15.3. The summed E-state index contributed by atoms with van der Waals surface area (Å²) in [4.78, 5) is 68.4. The average molecular weight is 547 g/mol. The molecule has 0 radical (unpaired) electrons. The van der Waals surface area contributed by atoms with Gasteiger partial charge in [0.2, 0.25) is 23.6 Å². The number of carboxylic acid groups (broad SMARTS) is 1. The maximum Gasteiger partial charge on any atom is 0.326 e. The molecule has 0 bridgehead atoms. The fourth-order valence-electron chi connectivity index (χ4n) is 4.45. The summed E-state index contributed by atoms with van der Waals surface area (Å²) in [5, 5.41) is 17.2. The van der Waals surface area contributed by atoms with Gasteiger partial charge >= 0.3 is 5.97 Å². The van der Waals surface area contributed by atoms with Crippen LogP contribution in [0.2, 0.25) is 0 Å². The maximum atomic E-state index is 13.5. The second-order valence-corrected chi connectivity index (χ2v) is 9.45. The molecule has 1 saturated heterocycles. The highest BCUT2D eigenvalue weighted by Gasteiger charge is 2.39. The number of benzene rings is 1. The first-order valence-electron chi connectivity index (χ1n) is 13.0. The molecule has 0 aliphatic carbocycles. The molecule has 13 heteroatoms. The molecule has 1 unspecified atom stereocenters. The minimum atomic E-state index is -1.19. The van der Waals surface area contributed by atoms with Crippen LogP contribution in [0, 0.1) is 0 Å². The number of nitrogens with one attached hydrogen (secondary N) is 3. The summed E-state index contributed by atoms with van der Waals surface area (Å²) in [6.45, 7) is 3.48. The summed E-state index contributed by atoms with van der Waals surface area (Å²) in [6.07, 6.45) is 1.85. The van der Waals surface area contributed by atoms with E-state index in [-0.39, 0.29) is 37.7 Å². The molecule has 8 N–H and O–H groups in total. The van der Waals surface area contributed by atoms with Crippen molar-refractivity contribution in [2.75, 3.05) is 13.1 Å². The zero-order chi connectivity index (χ0) is 28.9. The molecular weight excluding hydrogens is 507 g/mol. The van der Waals surface area contributed by atoms with Crippen LogP contribution in [0.4, 0.5) is 0 Å². The maximum absolute atomic E-state index is 13.5. The fourth-order valence-corrected chi connectivity index (χ4v) is 4.45. The third-order valence-electron chi connectivity index (χ3n) is 6.40. The number of hydrogen-bond acceptors (Lipinski definition) is 6. The SMILES string of the molecule is CCC(NC(=O)[C@H](CCCN=C(N)N)NC(=O)[C@@H]1CCCN1C(=O)[C@@H](Cc1ccccc1)NC(C)=O)[13C](=O)O. The van der Waals surface area contributed by atoms with Crippen LogP contribution in [-0.2, 0) is 30.4 Å². The van der Waals surface area contributed by atoms with Crippen molar-refractivity contribution in [1.82, 2.24) is 20.9 Å². The molecule has 0 spiro atoms. The number of aliphatic carboxylic acids is 1. The number of hydrogen-bond donors (Lipinski definition) is 6. The lowest BCUT2D eigenvalue weighted by atomic mass is 10.0. The van der Waals surface area contributed by atoms with Crippen LogP contribution >= 0.6 is 0 Å². The molecule has 1 aliphatic rings. The average Bonchev–Trinajstić information content (AvgIpc) is 3.38. The largest absolute Gasteiger partial charge is 0.480 e. The van der Waals surface area contributed by atoms with E-state index in [1.807, 2.05) is 30.3 Å². The molecule has 0 aromatic heterocycles. The number of nitrogens with two attached hydrogens (primary N) is 2. The number of carboxylic acids is 1. The molecule has 39 heavy (non-hydrogen) atoms. The number of likely N-dealkylation sites (tertiary alicyclic amines) is 1. The number of carbonyl (C=O) groups excluding carboxylic acids is 4. The Morgan fingerprint density at radius 3 is 2.33 bits per heavy atom. The van der Waals surface area contributed by atoms with E-state index in [9.17, 15) is 29.1 Å².